The van der Waals surface area contributed by atoms with Crippen LogP contribution >= 0.6 is 67.8 Å². The van der Waals surface area contributed by atoms with E-state index < -0.39 is 5.97 Å². The van der Waals surface area contributed by atoms with Gasteiger partial charge in [0.1, 0.15) is 11.6 Å². The molecule has 0 heterocycles. The van der Waals surface area contributed by atoms with Crippen LogP contribution in [0.5, 0.6) is 0 Å². The SMILES string of the molecule is CC(=O)CNc1c(I)c(NCC(C)=O)c(I)c(C(=O)Nc2ccc(CCCCCCCCCCC(=O)O)cc2)c1I. The van der Waals surface area contributed by atoms with Gasteiger partial charge in [-0.05, 0) is 119 Å². The van der Waals surface area contributed by atoms with Crippen LogP contribution in [0.15, 0.2) is 24.3 Å². The lowest BCUT2D eigenvalue weighted by Gasteiger charge is -2.20. The molecule has 0 saturated heterocycles. The quantitative estimate of drug-likeness (QED) is 0.0836. The molecule has 8 nitrogen and oxygen atoms in total. The Hall–Kier alpha value is -1.49. The second-order valence-corrected chi connectivity index (χ2v) is 13.3. The van der Waals surface area contributed by atoms with Crippen LogP contribution in [-0.2, 0) is 20.8 Å². The van der Waals surface area contributed by atoms with Gasteiger partial charge in [-0.15, -0.1) is 0 Å². The third-order valence-electron chi connectivity index (χ3n) is 6.39. The van der Waals surface area contributed by atoms with Crippen LogP contribution < -0.4 is 16.0 Å². The average Bonchev–Trinajstić information content (AvgIpc) is 2.90. The largest absolute Gasteiger partial charge is 0.481 e. The minimum absolute atomic E-state index is 0.0237. The van der Waals surface area contributed by atoms with E-state index in [0.717, 1.165) is 48.5 Å². The van der Waals surface area contributed by atoms with Gasteiger partial charge in [-0.2, -0.15) is 0 Å². The van der Waals surface area contributed by atoms with Gasteiger partial charge in [0.15, 0.2) is 0 Å². The molecule has 0 bridgehead atoms. The second kappa shape index (κ2) is 18.9. The normalized spacial score (nSPS) is 10.8. The topological polar surface area (TPSA) is 125 Å². The highest BCUT2D eigenvalue weighted by Gasteiger charge is 2.25. The van der Waals surface area contributed by atoms with E-state index in [2.05, 4.69) is 83.7 Å². The van der Waals surface area contributed by atoms with E-state index in [4.69, 9.17) is 5.11 Å². The standard InChI is InChI=1S/C30H38I3N3O5/c1-19(37)17-34-28-25(31)24(26(32)29(27(28)33)35-18-20(2)38)30(41)36-22-15-13-21(14-16-22)11-9-7-5-3-4-6-8-10-12-23(39)40/h13-16,34-35H,3-12,17-18H2,1-2H3,(H,36,41)(H,39,40). The van der Waals surface area contributed by atoms with Crippen molar-refractivity contribution in [2.75, 3.05) is 29.0 Å². The van der Waals surface area contributed by atoms with E-state index in [1.807, 2.05) is 24.3 Å². The summed E-state index contributed by atoms with van der Waals surface area (Å²) in [6.45, 7) is 3.27. The first kappa shape index (κ1) is 35.7. The molecule has 0 aliphatic rings. The molecule has 4 N–H and O–H groups in total. The zero-order chi connectivity index (χ0) is 30.4. The van der Waals surface area contributed by atoms with Crippen molar-refractivity contribution in [3.05, 3.63) is 46.1 Å². The summed E-state index contributed by atoms with van der Waals surface area (Å²) in [6.07, 6.45) is 9.93. The highest BCUT2D eigenvalue weighted by Crippen LogP contribution is 2.39. The van der Waals surface area contributed by atoms with Gasteiger partial charge in [-0.25, -0.2) is 0 Å². The van der Waals surface area contributed by atoms with Gasteiger partial charge in [-0.3, -0.25) is 19.2 Å². The molecule has 0 aliphatic heterocycles. The molecule has 0 fully saturated rings. The van der Waals surface area contributed by atoms with Crippen LogP contribution in [0.25, 0.3) is 0 Å². The summed E-state index contributed by atoms with van der Waals surface area (Å²) in [4.78, 5) is 47.3. The number of aryl methyl sites for hydroxylation is 1. The maximum Gasteiger partial charge on any atom is 0.303 e. The zero-order valence-corrected chi connectivity index (χ0v) is 30.0. The number of hydrogen-bond donors (Lipinski definition) is 4. The van der Waals surface area contributed by atoms with Crippen molar-refractivity contribution in [1.29, 1.82) is 0 Å². The van der Waals surface area contributed by atoms with E-state index in [0.29, 0.717) is 29.8 Å². The van der Waals surface area contributed by atoms with Crippen LogP contribution in [0.1, 0.15) is 87.6 Å². The molecule has 0 saturated carbocycles. The summed E-state index contributed by atoms with van der Waals surface area (Å²) in [5.74, 6) is -1.02. The first-order valence-corrected chi connectivity index (χ1v) is 17.0. The second-order valence-electron chi connectivity index (χ2n) is 10.1. The number of rotatable bonds is 19. The summed E-state index contributed by atoms with van der Waals surface area (Å²) in [6, 6.07) is 7.92. The Labute approximate surface area is 283 Å². The zero-order valence-electron chi connectivity index (χ0n) is 23.5. The Bertz CT molecular complexity index is 1170. The number of carboxylic acids is 1. The maximum atomic E-state index is 13.5. The number of nitrogens with one attached hydrogen (secondary N) is 3. The highest BCUT2D eigenvalue weighted by atomic mass is 127. The van der Waals surface area contributed by atoms with Crippen molar-refractivity contribution in [1.82, 2.24) is 0 Å². The molecule has 0 aromatic heterocycles. The number of halogens is 3. The van der Waals surface area contributed by atoms with Gasteiger partial charge in [-0.1, -0.05) is 50.7 Å². The van der Waals surface area contributed by atoms with Crippen LogP contribution in [0.4, 0.5) is 17.1 Å². The number of carboxylic acid groups (broad SMARTS) is 1. The summed E-state index contributed by atoms with van der Waals surface area (Å²) in [5, 5.41) is 18.0. The molecule has 1 amide bonds. The molecule has 41 heavy (non-hydrogen) atoms. The lowest BCUT2D eigenvalue weighted by molar-refractivity contribution is -0.137. The molecule has 2 rings (SSSR count). The van der Waals surface area contributed by atoms with E-state index in [9.17, 15) is 19.2 Å². The number of Topliss-reactive ketones (excluding diaryl/α,β-unsaturated/α-hetero) is 2. The lowest BCUT2D eigenvalue weighted by atomic mass is 10.0. The third-order valence-corrected chi connectivity index (χ3v) is 9.63. The van der Waals surface area contributed by atoms with Crippen molar-refractivity contribution >= 4 is 108 Å². The number of aliphatic carboxylic acids is 1. The molecule has 0 unspecified atom stereocenters. The number of benzene rings is 2. The maximum absolute atomic E-state index is 13.5. The van der Waals surface area contributed by atoms with Crippen molar-refractivity contribution in [2.45, 2.75) is 78.1 Å². The van der Waals surface area contributed by atoms with Gasteiger partial charge in [0.05, 0.1) is 40.7 Å². The molecular weight excluding hydrogens is 863 g/mol. The Kier molecular flexibility index (Phi) is 16.5. The van der Waals surface area contributed by atoms with E-state index >= 15 is 0 Å². The fraction of sp³-hybridized carbons (Fsp3) is 0.467. The number of carbonyl (C=O) groups is 4. The molecule has 0 atom stereocenters. The van der Waals surface area contributed by atoms with Gasteiger partial charge in [0.25, 0.3) is 5.91 Å². The summed E-state index contributed by atoms with van der Waals surface area (Å²) >= 11 is 6.44. The number of carbonyl (C=O) groups excluding carboxylic acids is 3. The van der Waals surface area contributed by atoms with Crippen LogP contribution in [0.2, 0.25) is 0 Å². The van der Waals surface area contributed by atoms with E-state index in [1.54, 1.807) is 0 Å². The molecule has 224 valence electrons. The first-order chi connectivity index (χ1) is 19.5. The Morgan fingerprint density at radius 2 is 1.15 bits per heavy atom. The number of anilines is 3. The molecule has 2 aromatic rings. The molecular formula is C30H38I3N3O5. The minimum Gasteiger partial charge on any atom is -0.481 e. The Morgan fingerprint density at radius 1 is 0.683 bits per heavy atom. The van der Waals surface area contributed by atoms with Crippen molar-refractivity contribution < 1.29 is 24.3 Å². The average molecular weight is 901 g/mol. The van der Waals surface area contributed by atoms with Crippen LogP contribution in [0.3, 0.4) is 0 Å². The molecule has 11 heteroatoms. The predicted octanol–water partition coefficient (Wildman–Crippen LogP) is 7.89. The number of ketones is 2. The third kappa shape index (κ3) is 12.7. The van der Waals surface area contributed by atoms with Crippen LogP contribution in [0, 0.1) is 10.7 Å². The van der Waals surface area contributed by atoms with Gasteiger partial charge in [0.2, 0.25) is 0 Å². The molecule has 0 aliphatic carbocycles. The Balaban J connectivity index is 1.97. The molecule has 0 spiro atoms. The fourth-order valence-electron chi connectivity index (χ4n) is 4.21. The van der Waals surface area contributed by atoms with Crippen molar-refractivity contribution in [2.24, 2.45) is 0 Å². The fourth-order valence-corrected chi connectivity index (χ4v) is 8.63. The van der Waals surface area contributed by atoms with E-state index in [-0.39, 0.29) is 37.0 Å². The summed E-state index contributed by atoms with van der Waals surface area (Å²) in [5.41, 5.74) is 3.78. The van der Waals surface area contributed by atoms with Gasteiger partial charge >= 0.3 is 5.97 Å². The van der Waals surface area contributed by atoms with Gasteiger partial charge < -0.3 is 21.1 Å². The van der Waals surface area contributed by atoms with Crippen molar-refractivity contribution in [3.63, 3.8) is 0 Å². The first-order valence-electron chi connectivity index (χ1n) is 13.8. The number of unbranched alkanes of at least 4 members (excludes halogenated alkanes) is 7. The van der Waals surface area contributed by atoms with Crippen molar-refractivity contribution in [3.8, 4) is 0 Å². The summed E-state index contributed by atoms with van der Waals surface area (Å²) in [7, 11) is 0. The number of amides is 1. The minimum atomic E-state index is -0.710. The monoisotopic (exact) mass is 901 g/mol. The predicted molar refractivity (Wildman–Crippen MR) is 190 cm³/mol. The number of hydrogen-bond acceptors (Lipinski definition) is 6. The van der Waals surface area contributed by atoms with E-state index in [1.165, 1.54) is 32.3 Å². The smallest absolute Gasteiger partial charge is 0.303 e. The molecule has 2 aromatic carbocycles. The summed E-state index contributed by atoms with van der Waals surface area (Å²) < 4.78 is 2.23. The lowest BCUT2D eigenvalue weighted by Crippen LogP contribution is -2.21. The Morgan fingerprint density at radius 3 is 1.61 bits per heavy atom. The van der Waals surface area contributed by atoms with Crippen LogP contribution in [-0.4, -0.2) is 41.6 Å². The highest BCUT2D eigenvalue weighted by molar-refractivity contribution is 14.1. The molecule has 0 radical (unpaired) electrons. The van der Waals surface area contributed by atoms with Gasteiger partial charge in [0, 0.05) is 12.1 Å².